The first-order chi connectivity index (χ1) is 7.27. The molecule has 0 amide bonds. The molecule has 0 aliphatic rings. The molecular formula is C10H8ClN3O. The van der Waals surface area contributed by atoms with Gasteiger partial charge in [0.05, 0.1) is 11.6 Å². The van der Waals surface area contributed by atoms with E-state index in [4.69, 9.17) is 11.6 Å². The molecular weight excluding hydrogens is 214 g/mol. The van der Waals surface area contributed by atoms with Crippen LogP contribution in [0.1, 0.15) is 5.56 Å². The Kier molecular flexibility index (Phi) is 2.78. The summed E-state index contributed by atoms with van der Waals surface area (Å²) in [4.78, 5) is 18.9. The van der Waals surface area contributed by atoms with Crippen molar-refractivity contribution in [3.8, 4) is 0 Å². The number of aromatic nitrogens is 3. The maximum atomic E-state index is 11.3. The van der Waals surface area contributed by atoms with Crippen molar-refractivity contribution >= 4 is 11.6 Å². The quantitative estimate of drug-likeness (QED) is 0.769. The van der Waals surface area contributed by atoms with E-state index in [-0.39, 0.29) is 5.69 Å². The van der Waals surface area contributed by atoms with Crippen molar-refractivity contribution in [1.29, 1.82) is 0 Å². The first kappa shape index (κ1) is 9.86. The number of halogens is 1. The highest BCUT2D eigenvalue weighted by molar-refractivity contribution is 6.31. The average molecular weight is 222 g/mol. The standard InChI is InChI=1S/C10H8ClN3O/c11-9-6-12-4-2-8(9)7-14-5-1-3-13-10(14)15/h1-6H,7H2. The van der Waals surface area contributed by atoms with Gasteiger partial charge in [-0.05, 0) is 17.7 Å². The van der Waals surface area contributed by atoms with Crippen LogP contribution >= 0.6 is 11.6 Å². The zero-order valence-electron chi connectivity index (χ0n) is 7.80. The van der Waals surface area contributed by atoms with Crippen LogP contribution in [0.4, 0.5) is 0 Å². The van der Waals surface area contributed by atoms with E-state index in [1.807, 2.05) is 0 Å². The van der Waals surface area contributed by atoms with Gasteiger partial charge < -0.3 is 0 Å². The van der Waals surface area contributed by atoms with Gasteiger partial charge in [0.1, 0.15) is 0 Å². The Morgan fingerprint density at radius 3 is 3.00 bits per heavy atom. The highest BCUT2D eigenvalue weighted by Gasteiger charge is 2.01. The molecule has 0 radical (unpaired) electrons. The third-order valence-electron chi connectivity index (χ3n) is 1.98. The van der Waals surface area contributed by atoms with Gasteiger partial charge in [-0.2, -0.15) is 0 Å². The Labute approximate surface area is 91.2 Å². The summed E-state index contributed by atoms with van der Waals surface area (Å²) in [7, 11) is 0. The van der Waals surface area contributed by atoms with Crippen molar-refractivity contribution in [2.24, 2.45) is 0 Å². The lowest BCUT2D eigenvalue weighted by molar-refractivity contribution is 0.726. The Bertz CT molecular complexity index is 524. The van der Waals surface area contributed by atoms with Gasteiger partial charge in [-0.1, -0.05) is 11.6 Å². The Hall–Kier alpha value is -1.68. The molecule has 5 heteroatoms. The van der Waals surface area contributed by atoms with E-state index in [0.717, 1.165) is 5.56 Å². The van der Waals surface area contributed by atoms with Crippen molar-refractivity contribution in [3.05, 3.63) is 58.0 Å². The van der Waals surface area contributed by atoms with Gasteiger partial charge in [0.15, 0.2) is 0 Å². The monoisotopic (exact) mass is 221 g/mol. The van der Waals surface area contributed by atoms with Crippen LogP contribution in [-0.2, 0) is 6.54 Å². The van der Waals surface area contributed by atoms with Crippen LogP contribution in [-0.4, -0.2) is 14.5 Å². The van der Waals surface area contributed by atoms with Gasteiger partial charge in [0.2, 0.25) is 0 Å². The summed E-state index contributed by atoms with van der Waals surface area (Å²) in [6, 6.07) is 3.48. The molecule has 2 aromatic heterocycles. The molecule has 0 bridgehead atoms. The summed E-state index contributed by atoms with van der Waals surface area (Å²) < 4.78 is 1.49. The molecule has 0 spiro atoms. The summed E-state index contributed by atoms with van der Waals surface area (Å²) in [5.74, 6) is 0. The normalized spacial score (nSPS) is 10.2. The topological polar surface area (TPSA) is 47.8 Å². The van der Waals surface area contributed by atoms with Gasteiger partial charge >= 0.3 is 5.69 Å². The number of pyridine rings is 1. The van der Waals surface area contributed by atoms with E-state index in [0.29, 0.717) is 11.6 Å². The van der Waals surface area contributed by atoms with Gasteiger partial charge in [0, 0.05) is 24.8 Å². The molecule has 0 saturated heterocycles. The van der Waals surface area contributed by atoms with Crippen molar-refractivity contribution < 1.29 is 0 Å². The van der Waals surface area contributed by atoms with E-state index in [2.05, 4.69) is 9.97 Å². The van der Waals surface area contributed by atoms with Gasteiger partial charge in [0.25, 0.3) is 0 Å². The van der Waals surface area contributed by atoms with Gasteiger partial charge in [-0.3, -0.25) is 9.55 Å². The van der Waals surface area contributed by atoms with Crippen LogP contribution in [0.2, 0.25) is 5.02 Å². The van der Waals surface area contributed by atoms with Crippen molar-refractivity contribution in [2.45, 2.75) is 6.54 Å². The van der Waals surface area contributed by atoms with E-state index < -0.39 is 0 Å². The zero-order chi connectivity index (χ0) is 10.7. The molecule has 0 saturated carbocycles. The Morgan fingerprint density at radius 2 is 2.27 bits per heavy atom. The maximum Gasteiger partial charge on any atom is 0.347 e. The van der Waals surface area contributed by atoms with Crippen molar-refractivity contribution in [1.82, 2.24) is 14.5 Å². The molecule has 0 unspecified atom stereocenters. The third kappa shape index (κ3) is 2.22. The number of rotatable bonds is 2. The second-order valence-corrected chi connectivity index (χ2v) is 3.40. The second-order valence-electron chi connectivity index (χ2n) is 3.00. The molecule has 0 N–H and O–H groups in total. The van der Waals surface area contributed by atoms with Crippen LogP contribution in [0.25, 0.3) is 0 Å². The van der Waals surface area contributed by atoms with Crippen LogP contribution in [0.15, 0.2) is 41.7 Å². The van der Waals surface area contributed by atoms with Crippen molar-refractivity contribution in [2.75, 3.05) is 0 Å². The minimum atomic E-state index is -0.287. The SMILES string of the molecule is O=c1ncccn1Cc1ccncc1Cl. The summed E-state index contributed by atoms with van der Waals surface area (Å²) in [5.41, 5.74) is 0.562. The lowest BCUT2D eigenvalue weighted by Crippen LogP contribution is -2.22. The molecule has 0 aliphatic heterocycles. The zero-order valence-corrected chi connectivity index (χ0v) is 8.55. The predicted octanol–water partition coefficient (Wildman–Crippen LogP) is 1.34. The van der Waals surface area contributed by atoms with E-state index >= 15 is 0 Å². The first-order valence-corrected chi connectivity index (χ1v) is 4.75. The van der Waals surface area contributed by atoms with E-state index in [1.54, 1.807) is 30.7 Å². The van der Waals surface area contributed by atoms with Crippen LogP contribution in [0.3, 0.4) is 0 Å². The van der Waals surface area contributed by atoms with Crippen LogP contribution in [0, 0.1) is 0 Å². The summed E-state index contributed by atoms with van der Waals surface area (Å²) in [6.45, 7) is 0.411. The summed E-state index contributed by atoms with van der Waals surface area (Å²) >= 11 is 5.93. The molecule has 0 aliphatic carbocycles. The lowest BCUT2D eigenvalue weighted by atomic mass is 10.2. The number of hydrogen-bond donors (Lipinski definition) is 0. The highest BCUT2D eigenvalue weighted by Crippen LogP contribution is 2.13. The first-order valence-electron chi connectivity index (χ1n) is 4.37. The third-order valence-corrected chi connectivity index (χ3v) is 2.32. The van der Waals surface area contributed by atoms with E-state index in [9.17, 15) is 4.79 Å². The Morgan fingerprint density at radius 1 is 1.40 bits per heavy atom. The molecule has 0 fully saturated rings. The van der Waals surface area contributed by atoms with Crippen molar-refractivity contribution in [3.63, 3.8) is 0 Å². The minimum absolute atomic E-state index is 0.287. The molecule has 0 aromatic carbocycles. The molecule has 0 atom stereocenters. The van der Waals surface area contributed by atoms with E-state index in [1.165, 1.54) is 10.8 Å². The molecule has 4 nitrogen and oxygen atoms in total. The second kappa shape index (κ2) is 4.23. The fraction of sp³-hybridized carbons (Fsp3) is 0.100. The Balaban J connectivity index is 2.34. The molecule has 2 rings (SSSR count). The largest absolute Gasteiger partial charge is 0.347 e. The smallest absolute Gasteiger partial charge is 0.295 e. The fourth-order valence-corrected chi connectivity index (χ4v) is 1.40. The number of nitrogens with zero attached hydrogens (tertiary/aromatic N) is 3. The van der Waals surface area contributed by atoms with Gasteiger partial charge in [-0.15, -0.1) is 0 Å². The van der Waals surface area contributed by atoms with Crippen LogP contribution in [0.5, 0.6) is 0 Å². The minimum Gasteiger partial charge on any atom is -0.295 e. The average Bonchev–Trinajstić information content (AvgIpc) is 2.24. The fourth-order valence-electron chi connectivity index (χ4n) is 1.22. The summed E-state index contributed by atoms with van der Waals surface area (Å²) in [5, 5.41) is 0.549. The highest BCUT2D eigenvalue weighted by atomic mass is 35.5. The number of hydrogen-bond acceptors (Lipinski definition) is 3. The van der Waals surface area contributed by atoms with Gasteiger partial charge in [-0.25, -0.2) is 9.78 Å². The summed E-state index contributed by atoms with van der Waals surface area (Å²) in [6.07, 6.45) is 6.33. The molecule has 2 aromatic rings. The molecule has 2 heterocycles. The molecule has 76 valence electrons. The molecule has 15 heavy (non-hydrogen) atoms. The lowest BCUT2D eigenvalue weighted by Gasteiger charge is -2.05. The predicted molar refractivity (Wildman–Crippen MR) is 56.8 cm³/mol. The maximum absolute atomic E-state index is 11.3. The van der Waals surface area contributed by atoms with Crippen LogP contribution < -0.4 is 5.69 Å².